The minimum Gasteiger partial charge on any atom is -0.440 e. The van der Waals surface area contributed by atoms with Gasteiger partial charge in [0.25, 0.3) is 0 Å². The van der Waals surface area contributed by atoms with Crippen LogP contribution >= 0.6 is 0 Å². The Morgan fingerprint density at radius 3 is 3.05 bits per heavy atom. The molecule has 0 aliphatic heterocycles. The highest BCUT2D eigenvalue weighted by atomic mass is 16.3. The van der Waals surface area contributed by atoms with Crippen molar-refractivity contribution in [2.24, 2.45) is 7.05 Å². The lowest BCUT2D eigenvalue weighted by Gasteiger charge is -2.05. The minimum atomic E-state index is 0.548. The van der Waals surface area contributed by atoms with E-state index in [0.29, 0.717) is 12.5 Å². The summed E-state index contributed by atoms with van der Waals surface area (Å²) in [6.45, 7) is 0.697. The van der Waals surface area contributed by atoms with E-state index in [2.05, 4.69) is 15.3 Å². The standard InChI is InChI=1S/C15H16N4O/c1-19-7-6-16-14(19)9-17-11-4-5-13-12(8-11)18-15(20-13)10-2-3-10/h4-8,10,17H,2-3,9H2,1H3. The van der Waals surface area contributed by atoms with Crippen LogP contribution in [0.3, 0.4) is 0 Å². The van der Waals surface area contributed by atoms with E-state index >= 15 is 0 Å². The Morgan fingerprint density at radius 1 is 1.40 bits per heavy atom. The second-order valence-corrected chi connectivity index (χ2v) is 5.32. The molecule has 3 aromatic rings. The van der Waals surface area contributed by atoms with Crippen LogP contribution in [0.2, 0.25) is 0 Å². The van der Waals surface area contributed by atoms with Crippen LogP contribution in [0.15, 0.2) is 35.0 Å². The number of oxazole rings is 1. The van der Waals surface area contributed by atoms with E-state index in [1.807, 2.05) is 36.0 Å². The van der Waals surface area contributed by atoms with Crippen LogP contribution in [0.25, 0.3) is 11.1 Å². The lowest BCUT2D eigenvalue weighted by atomic mass is 10.3. The van der Waals surface area contributed by atoms with Gasteiger partial charge in [0.1, 0.15) is 11.3 Å². The molecule has 0 atom stereocenters. The third-order valence-electron chi connectivity index (χ3n) is 3.70. The monoisotopic (exact) mass is 268 g/mol. The molecule has 20 heavy (non-hydrogen) atoms. The van der Waals surface area contributed by atoms with Crippen molar-refractivity contribution in [1.29, 1.82) is 0 Å². The zero-order chi connectivity index (χ0) is 13.5. The molecule has 0 radical (unpaired) electrons. The first-order valence-corrected chi connectivity index (χ1v) is 6.90. The molecule has 1 aliphatic rings. The van der Waals surface area contributed by atoms with Crippen molar-refractivity contribution in [2.45, 2.75) is 25.3 Å². The summed E-state index contributed by atoms with van der Waals surface area (Å²) in [6.07, 6.45) is 6.16. The van der Waals surface area contributed by atoms with Gasteiger partial charge in [0.05, 0.1) is 6.54 Å². The molecule has 2 aromatic heterocycles. The molecule has 2 heterocycles. The van der Waals surface area contributed by atoms with Crippen LogP contribution in [0.1, 0.15) is 30.5 Å². The van der Waals surface area contributed by atoms with Gasteiger partial charge in [-0.15, -0.1) is 0 Å². The maximum Gasteiger partial charge on any atom is 0.198 e. The number of hydrogen-bond donors (Lipinski definition) is 1. The van der Waals surface area contributed by atoms with E-state index in [0.717, 1.165) is 28.5 Å². The molecule has 1 saturated carbocycles. The topological polar surface area (TPSA) is 55.9 Å². The first-order chi connectivity index (χ1) is 9.79. The number of nitrogens with one attached hydrogen (secondary N) is 1. The van der Waals surface area contributed by atoms with E-state index in [4.69, 9.17) is 4.42 Å². The highest BCUT2D eigenvalue weighted by molar-refractivity contribution is 5.77. The van der Waals surface area contributed by atoms with E-state index in [-0.39, 0.29) is 0 Å². The fourth-order valence-electron chi connectivity index (χ4n) is 2.31. The van der Waals surface area contributed by atoms with Gasteiger partial charge in [-0.05, 0) is 31.0 Å². The minimum absolute atomic E-state index is 0.548. The predicted octanol–water partition coefficient (Wildman–Crippen LogP) is 3.05. The van der Waals surface area contributed by atoms with E-state index in [9.17, 15) is 0 Å². The number of aromatic nitrogens is 3. The highest BCUT2D eigenvalue weighted by Gasteiger charge is 2.28. The molecule has 5 heteroatoms. The average Bonchev–Trinajstić information content (AvgIpc) is 3.09. The van der Waals surface area contributed by atoms with Crippen molar-refractivity contribution in [2.75, 3.05) is 5.32 Å². The molecule has 0 spiro atoms. The van der Waals surface area contributed by atoms with E-state index in [1.165, 1.54) is 12.8 Å². The largest absolute Gasteiger partial charge is 0.440 e. The lowest BCUT2D eigenvalue weighted by Crippen LogP contribution is -2.05. The Kier molecular flexibility index (Phi) is 2.52. The number of anilines is 1. The predicted molar refractivity (Wildman–Crippen MR) is 76.5 cm³/mol. The van der Waals surface area contributed by atoms with Gasteiger partial charge in [-0.25, -0.2) is 9.97 Å². The summed E-state index contributed by atoms with van der Waals surface area (Å²) in [5.41, 5.74) is 2.84. The number of benzene rings is 1. The number of aryl methyl sites for hydroxylation is 1. The molecule has 1 aliphatic carbocycles. The maximum atomic E-state index is 5.76. The fourth-order valence-corrected chi connectivity index (χ4v) is 2.31. The van der Waals surface area contributed by atoms with Crippen LogP contribution < -0.4 is 5.32 Å². The number of fused-ring (bicyclic) bond motifs is 1. The van der Waals surface area contributed by atoms with Gasteiger partial charge < -0.3 is 14.3 Å². The first kappa shape index (κ1) is 11.5. The summed E-state index contributed by atoms with van der Waals surface area (Å²) < 4.78 is 7.77. The van der Waals surface area contributed by atoms with Gasteiger partial charge in [0.15, 0.2) is 11.5 Å². The van der Waals surface area contributed by atoms with Crippen LogP contribution in [-0.2, 0) is 13.6 Å². The number of rotatable bonds is 4. The lowest BCUT2D eigenvalue weighted by molar-refractivity contribution is 0.533. The fraction of sp³-hybridized carbons (Fsp3) is 0.333. The quantitative estimate of drug-likeness (QED) is 0.790. The second-order valence-electron chi connectivity index (χ2n) is 5.32. The smallest absolute Gasteiger partial charge is 0.198 e. The summed E-state index contributed by atoms with van der Waals surface area (Å²) in [7, 11) is 1.99. The van der Waals surface area contributed by atoms with Crippen LogP contribution in [0.4, 0.5) is 5.69 Å². The van der Waals surface area contributed by atoms with Crippen LogP contribution in [-0.4, -0.2) is 14.5 Å². The second kappa shape index (κ2) is 4.37. The van der Waals surface area contributed by atoms with Crippen molar-refractivity contribution in [3.8, 4) is 0 Å². The third kappa shape index (κ3) is 2.05. The molecule has 1 N–H and O–H groups in total. The van der Waals surface area contributed by atoms with E-state index in [1.54, 1.807) is 6.20 Å². The Morgan fingerprint density at radius 2 is 2.30 bits per heavy atom. The molecular formula is C15H16N4O. The molecule has 0 saturated heterocycles. The summed E-state index contributed by atoms with van der Waals surface area (Å²) in [5.74, 6) is 2.44. The van der Waals surface area contributed by atoms with Gasteiger partial charge in [-0.3, -0.25) is 0 Å². The third-order valence-corrected chi connectivity index (χ3v) is 3.70. The number of imidazole rings is 1. The molecule has 0 bridgehead atoms. The SMILES string of the molecule is Cn1ccnc1CNc1ccc2oc(C3CC3)nc2c1. The number of nitrogens with zero attached hydrogens (tertiary/aromatic N) is 3. The van der Waals surface area contributed by atoms with Crippen LogP contribution in [0, 0.1) is 0 Å². The van der Waals surface area contributed by atoms with Crippen molar-refractivity contribution in [3.63, 3.8) is 0 Å². The molecule has 4 rings (SSSR count). The zero-order valence-electron chi connectivity index (χ0n) is 11.3. The van der Waals surface area contributed by atoms with Gasteiger partial charge in [0.2, 0.25) is 0 Å². The molecule has 1 fully saturated rings. The van der Waals surface area contributed by atoms with Gasteiger partial charge in [-0.2, -0.15) is 0 Å². The Bertz CT molecular complexity index is 754. The molecule has 1 aromatic carbocycles. The van der Waals surface area contributed by atoms with Crippen molar-refractivity contribution in [3.05, 3.63) is 42.3 Å². The van der Waals surface area contributed by atoms with Crippen molar-refractivity contribution >= 4 is 16.8 Å². The Hall–Kier alpha value is -2.30. The normalized spacial score (nSPS) is 14.8. The first-order valence-electron chi connectivity index (χ1n) is 6.90. The molecule has 102 valence electrons. The zero-order valence-corrected chi connectivity index (χ0v) is 11.3. The average molecular weight is 268 g/mol. The van der Waals surface area contributed by atoms with Crippen molar-refractivity contribution in [1.82, 2.24) is 14.5 Å². The number of hydrogen-bond acceptors (Lipinski definition) is 4. The Labute approximate surface area is 116 Å². The molecule has 0 amide bonds. The molecule has 0 unspecified atom stereocenters. The van der Waals surface area contributed by atoms with E-state index < -0.39 is 0 Å². The van der Waals surface area contributed by atoms with Gasteiger partial charge in [0, 0.05) is 31.0 Å². The summed E-state index contributed by atoms with van der Waals surface area (Å²) in [5, 5.41) is 3.37. The summed E-state index contributed by atoms with van der Waals surface area (Å²) in [6, 6.07) is 6.04. The molecular weight excluding hydrogens is 252 g/mol. The maximum absolute atomic E-state index is 5.76. The Balaban J connectivity index is 1.55. The summed E-state index contributed by atoms with van der Waals surface area (Å²) in [4.78, 5) is 8.87. The van der Waals surface area contributed by atoms with Gasteiger partial charge >= 0.3 is 0 Å². The van der Waals surface area contributed by atoms with Gasteiger partial charge in [-0.1, -0.05) is 0 Å². The summed E-state index contributed by atoms with van der Waals surface area (Å²) >= 11 is 0. The van der Waals surface area contributed by atoms with Crippen molar-refractivity contribution < 1.29 is 4.42 Å². The highest BCUT2D eigenvalue weighted by Crippen LogP contribution is 2.40. The van der Waals surface area contributed by atoms with Crippen LogP contribution in [0.5, 0.6) is 0 Å². The molecule has 5 nitrogen and oxygen atoms in total.